The van der Waals surface area contributed by atoms with Crippen LogP contribution in [-0.4, -0.2) is 47.4 Å². The molecule has 182 valence electrons. The molecule has 36 heavy (non-hydrogen) atoms. The van der Waals surface area contributed by atoms with Crippen LogP contribution in [0.25, 0.3) is 16.7 Å². The molecule has 1 aromatic heterocycles. The highest BCUT2D eigenvalue weighted by molar-refractivity contribution is 6.46. The van der Waals surface area contributed by atoms with Crippen LogP contribution in [0.1, 0.15) is 22.7 Å². The Bertz CT molecular complexity index is 1470. The number of aliphatic hydroxyl groups excluding tert-OH is 1. The number of aliphatic hydroxyl groups is 1. The van der Waals surface area contributed by atoms with Gasteiger partial charge in [-0.05, 0) is 48.4 Å². The number of nitrogens with zero attached hydrogens (tertiary/aromatic N) is 1. The number of ether oxygens (including phenoxy) is 2. The molecule has 0 bridgehead atoms. The number of hydrogen-bond acceptors (Lipinski definition) is 5. The van der Waals surface area contributed by atoms with Gasteiger partial charge in [0.25, 0.3) is 11.7 Å². The van der Waals surface area contributed by atoms with E-state index in [0.29, 0.717) is 29.0 Å². The van der Waals surface area contributed by atoms with Crippen LogP contribution >= 0.6 is 0 Å². The first-order valence-corrected chi connectivity index (χ1v) is 11.6. The number of H-pyrrole nitrogens is 1. The van der Waals surface area contributed by atoms with E-state index < -0.39 is 17.7 Å². The van der Waals surface area contributed by atoms with E-state index in [1.165, 1.54) is 4.90 Å². The Hall–Kier alpha value is -4.52. The van der Waals surface area contributed by atoms with Crippen LogP contribution < -0.4 is 9.47 Å². The third-order valence-corrected chi connectivity index (χ3v) is 6.63. The maximum atomic E-state index is 13.3. The van der Waals surface area contributed by atoms with Crippen molar-refractivity contribution in [2.24, 2.45) is 0 Å². The molecule has 5 rings (SSSR count). The van der Waals surface area contributed by atoms with Gasteiger partial charge in [0, 0.05) is 34.8 Å². The molecule has 1 fully saturated rings. The molecule has 0 unspecified atom stereocenters. The van der Waals surface area contributed by atoms with Crippen molar-refractivity contribution in [3.05, 3.63) is 101 Å². The lowest BCUT2D eigenvalue weighted by Crippen LogP contribution is -2.31. The summed E-state index contributed by atoms with van der Waals surface area (Å²) in [7, 11) is 3.09. The highest BCUT2D eigenvalue weighted by Crippen LogP contribution is 2.42. The fourth-order valence-electron chi connectivity index (χ4n) is 4.81. The number of benzene rings is 3. The quantitative estimate of drug-likeness (QED) is 0.223. The van der Waals surface area contributed by atoms with E-state index in [1.54, 1.807) is 44.6 Å². The summed E-state index contributed by atoms with van der Waals surface area (Å²) in [6, 6.07) is 21.1. The highest BCUT2D eigenvalue weighted by Gasteiger charge is 2.46. The van der Waals surface area contributed by atoms with Crippen molar-refractivity contribution >= 4 is 28.4 Å². The molecular formula is C29H26N2O5. The summed E-state index contributed by atoms with van der Waals surface area (Å²) in [4.78, 5) is 31.4. The molecule has 0 aliphatic carbocycles. The lowest BCUT2D eigenvalue weighted by molar-refractivity contribution is -0.139. The monoisotopic (exact) mass is 482 g/mol. The van der Waals surface area contributed by atoms with Crippen LogP contribution in [0.15, 0.2) is 84.6 Å². The molecule has 1 amide bonds. The third-order valence-electron chi connectivity index (χ3n) is 6.63. The molecule has 0 spiro atoms. The number of carbonyl (C=O) groups is 2. The average molecular weight is 483 g/mol. The minimum atomic E-state index is -0.798. The second kappa shape index (κ2) is 9.62. The number of fused-ring (bicyclic) bond motifs is 1. The molecule has 7 heteroatoms. The van der Waals surface area contributed by atoms with E-state index in [-0.39, 0.29) is 17.9 Å². The minimum Gasteiger partial charge on any atom is -0.507 e. The second-order valence-corrected chi connectivity index (χ2v) is 8.57. The van der Waals surface area contributed by atoms with Crippen molar-refractivity contribution in [2.45, 2.75) is 12.5 Å². The average Bonchev–Trinajstić information content (AvgIpc) is 3.45. The van der Waals surface area contributed by atoms with Crippen LogP contribution in [0.5, 0.6) is 11.5 Å². The lowest BCUT2D eigenvalue weighted by Gasteiger charge is -2.26. The predicted octanol–water partition coefficient (Wildman–Crippen LogP) is 4.85. The van der Waals surface area contributed by atoms with Gasteiger partial charge in [-0.3, -0.25) is 9.59 Å². The number of para-hydroxylation sites is 2. The standard InChI is InChI=1S/C29H26N2O5/c1-35-20-13-11-18(12-14-20)27(32)25-26(22-8-4-6-10-24(22)36-2)31(29(34)28(25)33)16-15-19-17-30-23-9-5-3-7-21(19)23/h3-14,17,26,30,32H,15-16H2,1-2H3/t26-/m0/s1. The number of Topliss-reactive ketones (excluding diaryl/α,β-unsaturated/α-hetero) is 1. The van der Waals surface area contributed by atoms with Crippen molar-refractivity contribution in [3.63, 3.8) is 0 Å². The Morgan fingerprint density at radius 1 is 0.944 bits per heavy atom. The van der Waals surface area contributed by atoms with Crippen LogP contribution in [0, 0.1) is 0 Å². The summed E-state index contributed by atoms with van der Waals surface area (Å²) >= 11 is 0. The molecule has 1 saturated heterocycles. The maximum absolute atomic E-state index is 13.3. The fourth-order valence-corrected chi connectivity index (χ4v) is 4.81. The third kappa shape index (κ3) is 3.98. The number of carbonyl (C=O) groups excluding carboxylic acids is 2. The number of ketones is 1. The van der Waals surface area contributed by atoms with E-state index in [2.05, 4.69) is 4.98 Å². The van der Waals surface area contributed by atoms with Gasteiger partial charge in [-0.25, -0.2) is 0 Å². The lowest BCUT2D eigenvalue weighted by atomic mass is 9.94. The number of nitrogens with one attached hydrogen (secondary N) is 1. The van der Waals surface area contributed by atoms with Crippen molar-refractivity contribution in [1.29, 1.82) is 0 Å². The summed E-state index contributed by atoms with van der Waals surface area (Å²) in [6.07, 6.45) is 2.46. The van der Waals surface area contributed by atoms with Crippen LogP contribution in [0.3, 0.4) is 0 Å². The number of likely N-dealkylation sites (tertiary alicyclic amines) is 1. The SMILES string of the molecule is COc1ccc(C(O)=C2C(=O)C(=O)N(CCc3c[nH]c4ccccc34)[C@H]2c2ccccc2OC)cc1. The molecule has 1 atom stereocenters. The van der Waals surface area contributed by atoms with E-state index in [0.717, 1.165) is 16.5 Å². The van der Waals surface area contributed by atoms with Crippen LogP contribution in [0.4, 0.5) is 0 Å². The van der Waals surface area contributed by atoms with Gasteiger partial charge in [-0.2, -0.15) is 0 Å². The molecule has 4 aromatic rings. The Balaban J connectivity index is 1.59. The van der Waals surface area contributed by atoms with Gasteiger partial charge in [0.2, 0.25) is 0 Å². The molecule has 7 nitrogen and oxygen atoms in total. The number of amides is 1. The van der Waals surface area contributed by atoms with Crippen molar-refractivity contribution < 1.29 is 24.2 Å². The fraction of sp³-hybridized carbons (Fsp3) is 0.172. The van der Waals surface area contributed by atoms with Gasteiger partial charge in [0.05, 0.1) is 25.8 Å². The number of hydrogen-bond donors (Lipinski definition) is 2. The molecule has 0 radical (unpaired) electrons. The summed E-state index contributed by atoms with van der Waals surface area (Å²) < 4.78 is 10.8. The summed E-state index contributed by atoms with van der Waals surface area (Å²) in [5, 5.41) is 12.3. The first kappa shape index (κ1) is 23.2. The molecule has 1 aliphatic rings. The summed E-state index contributed by atoms with van der Waals surface area (Å²) in [6.45, 7) is 0.286. The van der Waals surface area contributed by atoms with Gasteiger partial charge in [0.15, 0.2) is 0 Å². The minimum absolute atomic E-state index is 0.0357. The zero-order valence-electron chi connectivity index (χ0n) is 20.0. The zero-order valence-corrected chi connectivity index (χ0v) is 20.0. The molecule has 1 aliphatic heterocycles. The topological polar surface area (TPSA) is 91.9 Å². The maximum Gasteiger partial charge on any atom is 0.295 e. The van der Waals surface area contributed by atoms with E-state index in [9.17, 15) is 14.7 Å². The highest BCUT2D eigenvalue weighted by atomic mass is 16.5. The van der Waals surface area contributed by atoms with Gasteiger partial charge < -0.3 is 24.5 Å². The van der Waals surface area contributed by atoms with Gasteiger partial charge in [0.1, 0.15) is 17.3 Å². The Kier molecular flexibility index (Phi) is 6.21. The molecule has 2 N–H and O–H groups in total. The van der Waals surface area contributed by atoms with E-state index in [1.807, 2.05) is 48.7 Å². The van der Waals surface area contributed by atoms with Crippen molar-refractivity contribution in [1.82, 2.24) is 9.88 Å². The first-order valence-electron chi connectivity index (χ1n) is 11.6. The number of aromatic nitrogens is 1. The van der Waals surface area contributed by atoms with Crippen LogP contribution in [0.2, 0.25) is 0 Å². The van der Waals surface area contributed by atoms with Crippen molar-refractivity contribution in [2.75, 3.05) is 20.8 Å². The molecule has 2 heterocycles. The molecule has 3 aromatic carbocycles. The zero-order chi connectivity index (χ0) is 25.2. The van der Waals surface area contributed by atoms with Gasteiger partial charge in [-0.15, -0.1) is 0 Å². The van der Waals surface area contributed by atoms with Crippen LogP contribution in [-0.2, 0) is 16.0 Å². The Labute approximate surface area is 208 Å². The normalized spacial score (nSPS) is 17.1. The summed E-state index contributed by atoms with van der Waals surface area (Å²) in [5.74, 6) is -0.463. The van der Waals surface area contributed by atoms with Gasteiger partial charge in [-0.1, -0.05) is 36.4 Å². The number of methoxy groups -OCH3 is 2. The smallest absolute Gasteiger partial charge is 0.295 e. The predicted molar refractivity (Wildman–Crippen MR) is 137 cm³/mol. The second-order valence-electron chi connectivity index (χ2n) is 8.57. The first-order chi connectivity index (χ1) is 17.5. The van der Waals surface area contributed by atoms with E-state index in [4.69, 9.17) is 9.47 Å². The number of aromatic amines is 1. The van der Waals surface area contributed by atoms with E-state index >= 15 is 0 Å². The Morgan fingerprint density at radius 3 is 2.42 bits per heavy atom. The number of rotatable bonds is 7. The molecular weight excluding hydrogens is 456 g/mol. The van der Waals surface area contributed by atoms with Crippen molar-refractivity contribution in [3.8, 4) is 11.5 Å². The molecule has 0 saturated carbocycles. The summed E-state index contributed by atoms with van der Waals surface area (Å²) in [5.41, 5.74) is 3.14. The largest absolute Gasteiger partial charge is 0.507 e. The van der Waals surface area contributed by atoms with Gasteiger partial charge >= 0.3 is 0 Å². The Morgan fingerprint density at radius 2 is 1.67 bits per heavy atom.